The van der Waals surface area contributed by atoms with Gasteiger partial charge in [0.15, 0.2) is 5.16 Å². The van der Waals surface area contributed by atoms with E-state index in [1.165, 1.54) is 40.4 Å². The Kier molecular flexibility index (Phi) is 6.08. The number of anilines is 1. The summed E-state index contributed by atoms with van der Waals surface area (Å²) in [5, 5.41) is 1.98. The number of rotatable bonds is 5. The number of hydrogen-bond donors (Lipinski definition) is 1. The second-order valence-corrected chi connectivity index (χ2v) is 10.7. The molecule has 2 aromatic carbocycles. The Morgan fingerprint density at radius 3 is 2.47 bits per heavy atom. The van der Waals surface area contributed by atoms with Crippen molar-refractivity contribution in [3.63, 3.8) is 0 Å². The van der Waals surface area contributed by atoms with Crippen LogP contribution in [0, 0.1) is 0 Å². The predicted molar refractivity (Wildman–Crippen MR) is 133 cm³/mol. The molecule has 0 unspecified atom stereocenters. The summed E-state index contributed by atoms with van der Waals surface area (Å²) in [6.07, 6.45) is 0.884. The number of benzene rings is 2. The van der Waals surface area contributed by atoms with E-state index in [9.17, 15) is 4.79 Å². The summed E-state index contributed by atoms with van der Waals surface area (Å²) in [7, 11) is 1.37. The molecule has 2 atom stereocenters. The molecule has 5 nitrogen and oxygen atoms in total. The molecule has 1 aliphatic heterocycles. The highest BCUT2D eigenvalue weighted by Gasteiger charge is 2.34. The molecule has 2 aromatic heterocycles. The van der Waals surface area contributed by atoms with Gasteiger partial charge in [-0.3, -0.25) is 4.79 Å². The number of fused-ring (bicyclic) bond motifs is 3. The number of nitrogen functional groups attached to an aromatic ring is 1. The molecular formula is C24H21N3O2S3. The summed E-state index contributed by atoms with van der Waals surface area (Å²) in [5.41, 5.74) is 10.3. The molecule has 162 valence electrons. The topological polar surface area (TPSA) is 78.1 Å². The van der Waals surface area contributed by atoms with Crippen molar-refractivity contribution in [2.45, 2.75) is 22.1 Å². The number of aromatic nitrogens is 2. The molecule has 0 saturated heterocycles. The zero-order valence-electron chi connectivity index (χ0n) is 17.4. The Hall–Kier alpha value is -2.55. The Morgan fingerprint density at radius 2 is 1.78 bits per heavy atom. The van der Waals surface area contributed by atoms with Crippen molar-refractivity contribution in [3.8, 4) is 0 Å². The van der Waals surface area contributed by atoms with Crippen molar-refractivity contribution < 1.29 is 9.53 Å². The van der Waals surface area contributed by atoms with Crippen LogP contribution in [-0.2, 0) is 16.0 Å². The lowest BCUT2D eigenvalue weighted by atomic mass is 9.98. The average molecular weight is 480 g/mol. The number of carbonyl (C=O) groups is 1. The Balaban J connectivity index is 1.60. The summed E-state index contributed by atoms with van der Waals surface area (Å²) >= 11 is 4.91. The number of thioether (sulfide) groups is 2. The van der Waals surface area contributed by atoms with Gasteiger partial charge in [0.2, 0.25) is 0 Å². The van der Waals surface area contributed by atoms with Gasteiger partial charge in [0.05, 0.1) is 23.5 Å². The van der Waals surface area contributed by atoms with Crippen LogP contribution in [0.3, 0.4) is 0 Å². The first-order valence-corrected chi connectivity index (χ1v) is 12.9. The van der Waals surface area contributed by atoms with Crippen LogP contribution in [0.25, 0.3) is 10.2 Å². The molecule has 0 saturated carbocycles. The highest BCUT2D eigenvalue weighted by Crippen LogP contribution is 2.55. The maximum Gasteiger partial charge on any atom is 0.316 e. The first-order chi connectivity index (χ1) is 15.6. The third-order valence-corrected chi connectivity index (χ3v) is 9.15. The lowest BCUT2D eigenvalue weighted by Crippen LogP contribution is -2.12. The van der Waals surface area contributed by atoms with Crippen LogP contribution in [0.2, 0.25) is 0 Å². The number of thiophene rings is 1. The van der Waals surface area contributed by atoms with Crippen LogP contribution in [0.15, 0.2) is 65.8 Å². The zero-order chi connectivity index (χ0) is 22.1. The molecule has 0 amide bonds. The quantitative estimate of drug-likeness (QED) is 0.225. The number of methoxy groups -OCH3 is 1. The van der Waals surface area contributed by atoms with Crippen LogP contribution in [0.5, 0.6) is 0 Å². The molecule has 0 bridgehead atoms. The summed E-state index contributed by atoms with van der Waals surface area (Å²) < 4.78 is 4.73. The molecule has 0 spiro atoms. The number of nitrogens with zero attached hydrogens (tertiary/aromatic N) is 2. The summed E-state index contributed by atoms with van der Waals surface area (Å²) in [6.45, 7) is 0. The number of nitrogens with two attached hydrogens (primary N) is 1. The van der Waals surface area contributed by atoms with E-state index in [-0.39, 0.29) is 17.0 Å². The summed E-state index contributed by atoms with van der Waals surface area (Å²) in [6, 6.07) is 21.2. The third-order valence-electron chi connectivity index (χ3n) is 5.44. The van der Waals surface area contributed by atoms with Gasteiger partial charge in [0.1, 0.15) is 10.6 Å². The first-order valence-electron chi connectivity index (χ1n) is 10.2. The predicted octanol–water partition coefficient (Wildman–Crippen LogP) is 5.66. The average Bonchev–Trinajstić information content (AvgIpc) is 3.22. The summed E-state index contributed by atoms with van der Waals surface area (Å²) in [5.74, 6) is 0.324. The van der Waals surface area contributed by atoms with Crippen molar-refractivity contribution in [1.29, 1.82) is 0 Å². The molecule has 8 heteroatoms. The minimum Gasteiger partial charge on any atom is -0.468 e. The van der Waals surface area contributed by atoms with E-state index < -0.39 is 0 Å². The van der Waals surface area contributed by atoms with E-state index >= 15 is 0 Å². The summed E-state index contributed by atoms with van der Waals surface area (Å²) in [4.78, 5) is 23.0. The molecule has 32 heavy (non-hydrogen) atoms. The number of carbonyl (C=O) groups excluding carboxylic acids is 1. The molecule has 3 heterocycles. The van der Waals surface area contributed by atoms with Gasteiger partial charge in [0.25, 0.3) is 0 Å². The van der Waals surface area contributed by atoms with Gasteiger partial charge in [0, 0.05) is 10.1 Å². The third kappa shape index (κ3) is 4.10. The van der Waals surface area contributed by atoms with Crippen molar-refractivity contribution in [1.82, 2.24) is 9.97 Å². The van der Waals surface area contributed by atoms with Crippen molar-refractivity contribution in [2.75, 3.05) is 18.6 Å². The molecule has 0 radical (unpaired) electrons. The van der Waals surface area contributed by atoms with Gasteiger partial charge in [-0.15, -0.1) is 23.1 Å². The van der Waals surface area contributed by atoms with Gasteiger partial charge < -0.3 is 10.5 Å². The van der Waals surface area contributed by atoms with Gasteiger partial charge in [-0.05, 0) is 23.1 Å². The largest absolute Gasteiger partial charge is 0.468 e. The second-order valence-electron chi connectivity index (χ2n) is 7.41. The standard InChI is InChI=1S/C24H21N3O2S3/c1-29-18(28)13-30-24-26-22(25)19-16-12-17(14-8-4-2-5-9-14)31-20(15-10-6-3-7-11-15)21(16)32-23(19)27-24/h2-11,17,20H,12-13H2,1H3,(H2,25,26,27)/t17-,20-/m0/s1. The molecule has 5 rings (SSSR count). The van der Waals surface area contributed by atoms with Crippen molar-refractivity contribution in [3.05, 3.63) is 82.2 Å². The minimum atomic E-state index is -0.311. The normalized spacial score (nSPS) is 17.8. The molecule has 0 aliphatic carbocycles. The van der Waals surface area contributed by atoms with Crippen molar-refractivity contribution >= 4 is 56.9 Å². The SMILES string of the molecule is COC(=O)CSc1nc(N)c2c3c(sc2n1)[C@H](c1ccccc1)S[C@H](c1ccccc1)C3. The van der Waals surface area contributed by atoms with E-state index in [0.717, 1.165) is 16.6 Å². The van der Waals surface area contributed by atoms with Gasteiger partial charge in [-0.25, -0.2) is 9.97 Å². The van der Waals surface area contributed by atoms with E-state index in [0.29, 0.717) is 16.2 Å². The first kappa shape index (κ1) is 21.3. The Bertz CT molecular complexity index is 1260. The number of esters is 1. The van der Waals surface area contributed by atoms with E-state index in [4.69, 9.17) is 15.5 Å². The highest BCUT2D eigenvalue weighted by atomic mass is 32.2. The molecule has 2 N–H and O–H groups in total. The van der Waals surface area contributed by atoms with Crippen LogP contribution < -0.4 is 5.73 Å². The Morgan fingerprint density at radius 1 is 1.09 bits per heavy atom. The highest BCUT2D eigenvalue weighted by molar-refractivity contribution is 8.00. The fraction of sp³-hybridized carbons (Fsp3) is 0.208. The minimum absolute atomic E-state index is 0.158. The van der Waals surface area contributed by atoms with Crippen LogP contribution in [0.1, 0.15) is 32.1 Å². The van der Waals surface area contributed by atoms with E-state index in [2.05, 4.69) is 59.6 Å². The van der Waals surface area contributed by atoms with Crippen LogP contribution in [0.4, 0.5) is 5.82 Å². The van der Waals surface area contributed by atoms with Crippen LogP contribution >= 0.6 is 34.9 Å². The van der Waals surface area contributed by atoms with Gasteiger partial charge in [-0.2, -0.15) is 0 Å². The number of hydrogen-bond acceptors (Lipinski definition) is 8. The monoisotopic (exact) mass is 479 g/mol. The fourth-order valence-corrected chi connectivity index (χ4v) is 7.69. The van der Waals surface area contributed by atoms with Gasteiger partial charge >= 0.3 is 5.97 Å². The lowest BCUT2D eigenvalue weighted by Gasteiger charge is -2.30. The smallest absolute Gasteiger partial charge is 0.316 e. The Labute approximate surface area is 198 Å². The van der Waals surface area contributed by atoms with Gasteiger partial charge in [-0.1, -0.05) is 72.4 Å². The zero-order valence-corrected chi connectivity index (χ0v) is 19.8. The van der Waals surface area contributed by atoms with E-state index in [1.54, 1.807) is 11.3 Å². The number of ether oxygens (including phenoxy) is 1. The molecular weight excluding hydrogens is 458 g/mol. The van der Waals surface area contributed by atoms with Crippen LogP contribution in [-0.4, -0.2) is 28.8 Å². The molecule has 1 aliphatic rings. The molecule has 4 aromatic rings. The second kappa shape index (κ2) is 9.13. The van der Waals surface area contributed by atoms with E-state index in [1.807, 2.05) is 17.8 Å². The lowest BCUT2D eigenvalue weighted by molar-refractivity contribution is -0.137. The molecule has 0 fully saturated rings. The fourth-order valence-electron chi connectivity index (χ4n) is 3.93. The van der Waals surface area contributed by atoms with Crippen molar-refractivity contribution in [2.24, 2.45) is 0 Å². The maximum atomic E-state index is 11.5. The maximum absolute atomic E-state index is 11.5.